The average Bonchev–Trinajstić information content (AvgIpc) is 2.81. The van der Waals surface area contributed by atoms with E-state index < -0.39 is 0 Å². The first-order valence-electron chi connectivity index (χ1n) is 5.81. The van der Waals surface area contributed by atoms with E-state index in [1.54, 1.807) is 0 Å². The van der Waals surface area contributed by atoms with Crippen LogP contribution in [-0.2, 0) is 4.79 Å². The van der Waals surface area contributed by atoms with Gasteiger partial charge in [0, 0.05) is 12.6 Å². The van der Waals surface area contributed by atoms with Crippen LogP contribution >= 0.6 is 0 Å². The molecule has 2 N–H and O–H groups in total. The van der Waals surface area contributed by atoms with E-state index in [1.165, 1.54) is 32.1 Å². The van der Waals surface area contributed by atoms with E-state index in [2.05, 4.69) is 10.6 Å². The third-order valence-electron chi connectivity index (χ3n) is 4.02. The van der Waals surface area contributed by atoms with Crippen LogP contribution < -0.4 is 10.6 Å². The van der Waals surface area contributed by atoms with Crippen molar-refractivity contribution >= 4 is 5.91 Å². The van der Waals surface area contributed by atoms with Crippen LogP contribution in [0.25, 0.3) is 0 Å². The molecule has 1 heterocycles. The second kappa shape index (κ2) is 2.96. The maximum atomic E-state index is 11.7. The molecule has 1 saturated heterocycles. The molecule has 3 heteroatoms. The lowest BCUT2D eigenvalue weighted by molar-refractivity contribution is -0.123. The zero-order chi connectivity index (χ0) is 9.60. The van der Waals surface area contributed by atoms with Gasteiger partial charge in [-0.2, -0.15) is 0 Å². The summed E-state index contributed by atoms with van der Waals surface area (Å²) in [6, 6.07) is 0.609. The fourth-order valence-electron chi connectivity index (χ4n) is 2.69. The van der Waals surface area contributed by atoms with Crippen molar-refractivity contribution in [2.75, 3.05) is 6.54 Å². The second-order valence-corrected chi connectivity index (χ2v) is 5.27. The van der Waals surface area contributed by atoms with Gasteiger partial charge in [0.1, 0.15) is 0 Å². The monoisotopic (exact) mass is 194 g/mol. The molecule has 0 unspecified atom stereocenters. The Kier molecular flexibility index (Phi) is 1.84. The summed E-state index contributed by atoms with van der Waals surface area (Å²) >= 11 is 0. The summed E-state index contributed by atoms with van der Waals surface area (Å²) in [5.41, 5.74) is 0.506. The second-order valence-electron chi connectivity index (χ2n) is 5.27. The van der Waals surface area contributed by atoms with E-state index in [1.807, 2.05) is 0 Å². The Hall–Kier alpha value is -0.570. The first-order chi connectivity index (χ1) is 6.77. The van der Waals surface area contributed by atoms with Gasteiger partial charge in [0.05, 0.1) is 6.04 Å². The van der Waals surface area contributed by atoms with Gasteiger partial charge in [0.15, 0.2) is 0 Å². The highest BCUT2D eigenvalue weighted by atomic mass is 16.2. The van der Waals surface area contributed by atoms with Crippen LogP contribution in [0.3, 0.4) is 0 Å². The SMILES string of the molecule is O=C(NC1CC1)[C@@H]1CC2(CCC2)CN1. The summed E-state index contributed by atoms with van der Waals surface area (Å²) in [6.45, 7) is 1.07. The topological polar surface area (TPSA) is 41.1 Å². The molecule has 0 bridgehead atoms. The Bertz CT molecular complexity index is 256. The highest BCUT2D eigenvalue weighted by Crippen LogP contribution is 2.47. The lowest BCUT2D eigenvalue weighted by Gasteiger charge is -2.37. The third kappa shape index (κ3) is 1.44. The van der Waals surface area contributed by atoms with Crippen molar-refractivity contribution in [3.05, 3.63) is 0 Å². The van der Waals surface area contributed by atoms with Gasteiger partial charge in [-0.3, -0.25) is 4.79 Å². The molecule has 0 radical (unpaired) electrons. The summed E-state index contributed by atoms with van der Waals surface area (Å²) in [4.78, 5) is 11.7. The molecule has 3 fully saturated rings. The molecule has 1 amide bonds. The van der Waals surface area contributed by atoms with E-state index >= 15 is 0 Å². The molecular formula is C11H18N2O. The lowest BCUT2D eigenvalue weighted by atomic mass is 9.67. The Morgan fingerprint density at radius 2 is 2.14 bits per heavy atom. The fraction of sp³-hybridized carbons (Fsp3) is 0.909. The van der Waals surface area contributed by atoms with Crippen molar-refractivity contribution < 1.29 is 4.79 Å². The predicted molar refractivity (Wildman–Crippen MR) is 53.9 cm³/mol. The van der Waals surface area contributed by atoms with Crippen LogP contribution in [0.5, 0.6) is 0 Å². The zero-order valence-electron chi connectivity index (χ0n) is 8.51. The molecule has 14 heavy (non-hydrogen) atoms. The molecular weight excluding hydrogens is 176 g/mol. The van der Waals surface area contributed by atoms with E-state index in [0.717, 1.165) is 13.0 Å². The predicted octanol–water partition coefficient (Wildman–Crippen LogP) is 0.797. The molecule has 3 rings (SSSR count). The summed E-state index contributed by atoms with van der Waals surface area (Å²) in [5.74, 6) is 0.247. The third-order valence-corrected chi connectivity index (χ3v) is 4.02. The molecule has 3 nitrogen and oxygen atoms in total. The fourth-order valence-corrected chi connectivity index (χ4v) is 2.69. The number of amides is 1. The van der Waals surface area contributed by atoms with E-state index in [0.29, 0.717) is 11.5 Å². The minimum absolute atomic E-state index is 0.107. The van der Waals surface area contributed by atoms with Crippen molar-refractivity contribution in [1.82, 2.24) is 10.6 Å². The van der Waals surface area contributed by atoms with Crippen molar-refractivity contribution in [2.24, 2.45) is 5.41 Å². The van der Waals surface area contributed by atoms with Crippen LogP contribution in [0, 0.1) is 5.41 Å². The molecule has 1 spiro atoms. The van der Waals surface area contributed by atoms with Crippen molar-refractivity contribution in [2.45, 2.75) is 50.6 Å². The molecule has 0 aromatic rings. The number of carbonyl (C=O) groups excluding carboxylic acids is 1. The number of carbonyl (C=O) groups is 1. The van der Waals surface area contributed by atoms with Crippen LogP contribution in [0.1, 0.15) is 38.5 Å². The minimum Gasteiger partial charge on any atom is -0.352 e. The maximum Gasteiger partial charge on any atom is 0.237 e. The molecule has 78 valence electrons. The normalized spacial score (nSPS) is 34.1. The first-order valence-corrected chi connectivity index (χ1v) is 5.81. The summed E-state index contributed by atoms with van der Waals surface area (Å²) in [6.07, 6.45) is 7.46. The zero-order valence-corrected chi connectivity index (χ0v) is 8.51. The van der Waals surface area contributed by atoms with Gasteiger partial charge < -0.3 is 10.6 Å². The van der Waals surface area contributed by atoms with Gasteiger partial charge in [-0.05, 0) is 37.5 Å². The van der Waals surface area contributed by atoms with Gasteiger partial charge in [-0.1, -0.05) is 6.42 Å². The number of hydrogen-bond donors (Lipinski definition) is 2. The Morgan fingerprint density at radius 1 is 1.36 bits per heavy atom. The van der Waals surface area contributed by atoms with Gasteiger partial charge in [0.25, 0.3) is 0 Å². The van der Waals surface area contributed by atoms with E-state index in [9.17, 15) is 4.79 Å². The highest BCUT2D eigenvalue weighted by Gasteiger charge is 2.45. The van der Waals surface area contributed by atoms with Crippen molar-refractivity contribution in [3.8, 4) is 0 Å². The number of nitrogens with one attached hydrogen (secondary N) is 2. The van der Waals surface area contributed by atoms with Gasteiger partial charge in [0.2, 0.25) is 5.91 Å². The Labute approximate surface area is 84.6 Å². The summed E-state index contributed by atoms with van der Waals surface area (Å²) in [7, 11) is 0. The summed E-state index contributed by atoms with van der Waals surface area (Å²) in [5, 5.41) is 6.45. The van der Waals surface area contributed by atoms with E-state index in [4.69, 9.17) is 0 Å². The Balaban J connectivity index is 1.55. The van der Waals surface area contributed by atoms with Gasteiger partial charge >= 0.3 is 0 Å². The Morgan fingerprint density at radius 3 is 2.64 bits per heavy atom. The van der Waals surface area contributed by atoms with Crippen molar-refractivity contribution in [1.29, 1.82) is 0 Å². The maximum absolute atomic E-state index is 11.7. The largest absolute Gasteiger partial charge is 0.352 e. The minimum atomic E-state index is 0.107. The average molecular weight is 194 g/mol. The van der Waals surface area contributed by atoms with Crippen LogP contribution in [0.4, 0.5) is 0 Å². The number of rotatable bonds is 2. The summed E-state index contributed by atoms with van der Waals surface area (Å²) < 4.78 is 0. The quantitative estimate of drug-likeness (QED) is 0.682. The first kappa shape index (κ1) is 8.72. The smallest absolute Gasteiger partial charge is 0.237 e. The van der Waals surface area contributed by atoms with Gasteiger partial charge in [-0.15, -0.1) is 0 Å². The van der Waals surface area contributed by atoms with Crippen LogP contribution in [0.15, 0.2) is 0 Å². The standard InChI is InChI=1S/C11H18N2O/c14-10(13-8-2-3-8)9-6-11(7-12-9)4-1-5-11/h8-9,12H,1-7H2,(H,13,14)/t9-/m0/s1. The van der Waals surface area contributed by atoms with Crippen molar-refractivity contribution in [3.63, 3.8) is 0 Å². The molecule has 2 aliphatic carbocycles. The molecule has 0 aromatic heterocycles. The van der Waals surface area contributed by atoms with Crippen LogP contribution in [-0.4, -0.2) is 24.5 Å². The van der Waals surface area contributed by atoms with E-state index in [-0.39, 0.29) is 11.9 Å². The van der Waals surface area contributed by atoms with Gasteiger partial charge in [-0.25, -0.2) is 0 Å². The molecule has 0 aromatic carbocycles. The molecule has 3 aliphatic rings. The van der Waals surface area contributed by atoms with Crippen LogP contribution in [0.2, 0.25) is 0 Å². The number of hydrogen-bond acceptors (Lipinski definition) is 2. The molecule has 1 atom stereocenters. The lowest BCUT2D eigenvalue weighted by Crippen LogP contribution is -2.41. The molecule has 1 aliphatic heterocycles. The highest BCUT2D eigenvalue weighted by molar-refractivity contribution is 5.82. The molecule has 2 saturated carbocycles.